The summed E-state index contributed by atoms with van der Waals surface area (Å²) in [5.41, 5.74) is 2.80. The smallest absolute Gasteiger partial charge is 0.238 e. The van der Waals surface area contributed by atoms with Crippen LogP contribution in [-0.4, -0.2) is 65.5 Å². The van der Waals surface area contributed by atoms with Gasteiger partial charge >= 0.3 is 0 Å². The van der Waals surface area contributed by atoms with Crippen LogP contribution < -0.4 is 10.6 Å². The molecule has 1 aliphatic heterocycles. The number of piperidine rings is 1. The zero-order valence-corrected chi connectivity index (χ0v) is 19.1. The number of hydrogen-bond acceptors (Lipinski definition) is 6. The van der Waals surface area contributed by atoms with Crippen LogP contribution in [0, 0.1) is 6.92 Å². The van der Waals surface area contributed by atoms with E-state index in [1.807, 2.05) is 20.0 Å². The average molecular weight is 437 g/mol. The van der Waals surface area contributed by atoms with Gasteiger partial charge in [-0.15, -0.1) is 0 Å². The van der Waals surface area contributed by atoms with Crippen LogP contribution in [0.1, 0.15) is 30.1 Å². The molecule has 8 heteroatoms. The van der Waals surface area contributed by atoms with E-state index < -0.39 is 0 Å². The summed E-state index contributed by atoms with van der Waals surface area (Å²) in [6, 6.07) is 10.5. The number of methoxy groups -OCH3 is 1. The van der Waals surface area contributed by atoms with Gasteiger partial charge in [-0.25, -0.2) is 4.98 Å². The zero-order valence-electron chi connectivity index (χ0n) is 19.1. The van der Waals surface area contributed by atoms with Gasteiger partial charge in [-0.1, -0.05) is 24.3 Å². The minimum absolute atomic E-state index is 0.00450. The van der Waals surface area contributed by atoms with Crippen molar-refractivity contribution in [3.05, 3.63) is 47.9 Å². The van der Waals surface area contributed by atoms with Gasteiger partial charge in [0.1, 0.15) is 5.82 Å². The maximum atomic E-state index is 12.6. The van der Waals surface area contributed by atoms with Crippen molar-refractivity contribution in [3.8, 4) is 0 Å². The Morgan fingerprint density at radius 3 is 2.94 bits per heavy atom. The highest BCUT2D eigenvalue weighted by molar-refractivity contribution is 5.93. The van der Waals surface area contributed by atoms with E-state index in [4.69, 9.17) is 9.72 Å². The third-order valence-electron chi connectivity index (χ3n) is 6.16. The molecule has 1 aliphatic rings. The number of pyridine rings is 1. The number of aromatic nitrogens is 3. The number of benzene rings is 1. The number of rotatable bonds is 8. The maximum Gasteiger partial charge on any atom is 0.238 e. The van der Waals surface area contributed by atoms with Crippen LogP contribution >= 0.6 is 0 Å². The van der Waals surface area contributed by atoms with Gasteiger partial charge in [0.25, 0.3) is 0 Å². The van der Waals surface area contributed by atoms with Crippen LogP contribution in [0.5, 0.6) is 0 Å². The van der Waals surface area contributed by atoms with Crippen LogP contribution in [0.2, 0.25) is 0 Å². The van der Waals surface area contributed by atoms with Crippen LogP contribution in [0.4, 0.5) is 11.5 Å². The predicted molar refractivity (Wildman–Crippen MR) is 127 cm³/mol. The SMILES string of the molecule is COCCNc1nc(C2CCCN(CC(=O)Nc3cnn(C)c3C)C2)cc2ccccc12. The number of nitrogens with one attached hydrogen (secondary N) is 2. The topological polar surface area (TPSA) is 84.3 Å². The number of anilines is 2. The van der Waals surface area contributed by atoms with E-state index in [9.17, 15) is 4.79 Å². The van der Waals surface area contributed by atoms with Crippen LogP contribution in [0.3, 0.4) is 0 Å². The van der Waals surface area contributed by atoms with Crippen LogP contribution in [0.15, 0.2) is 36.5 Å². The Balaban J connectivity index is 1.46. The molecule has 0 saturated carbocycles. The molecule has 4 rings (SSSR count). The second-order valence-electron chi connectivity index (χ2n) is 8.43. The third-order valence-corrected chi connectivity index (χ3v) is 6.16. The fraction of sp³-hybridized carbons (Fsp3) is 0.458. The van der Waals surface area contributed by atoms with E-state index >= 15 is 0 Å². The van der Waals surface area contributed by atoms with Gasteiger partial charge in [0.2, 0.25) is 5.91 Å². The van der Waals surface area contributed by atoms with E-state index in [1.165, 1.54) is 5.39 Å². The van der Waals surface area contributed by atoms with Gasteiger partial charge in [-0.05, 0) is 37.8 Å². The van der Waals surface area contributed by atoms with E-state index in [0.717, 1.165) is 54.2 Å². The lowest BCUT2D eigenvalue weighted by molar-refractivity contribution is -0.117. The number of nitrogens with zero attached hydrogens (tertiary/aromatic N) is 4. The second kappa shape index (κ2) is 10.1. The summed E-state index contributed by atoms with van der Waals surface area (Å²) < 4.78 is 6.94. The first-order valence-corrected chi connectivity index (χ1v) is 11.2. The third kappa shape index (κ3) is 5.08. The molecule has 1 aromatic carbocycles. The molecule has 1 saturated heterocycles. The summed E-state index contributed by atoms with van der Waals surface area (Å²) in [5.74, 6) is 1.19. The Bertz CT molecular complexity index is 1080. The van der Waals surface area contributed by atoms with E-state index in [2.05, 4.69) is 44.9 Å². The number of fused-ring (bicyclic) bond motifs is 1. The molecule has 1 unspecified atom stereocenters. The van der Waals surface area contributed by atoms with Crippen molar-refractivity contribution < 1.29 is 9.53 Å². The number of carbonyl (C=O) groups is 1. The standard InChI is InChI=1S/C24H32N6O2/c1-17-22(14-26-29(17)2)27-23(31)16-30-11-6-8-19(15-30)21-13-18-7-4-5-9-20(18)24(28-21)25-10-12-32-3/h4-5,7,9,13-14,19H,6,8,10-12,15-16H2,1-3H3,(H,25,28)(H,27,31). The Labute approximate surface area is 189 Å². The monoisotopic (exact) mass is 436 g/mol. The van der Waals surface area contributed by atoms with Gasteiger partial charge in [0.15, 0.2) is 0 Å². The van der Waals surface area contributed by atoms with Crippen molar-refractivity contribution in [2.75, 3.05) is 50.5 Å². The van der Waals surface area contributed by atoms with Crippen molar-refractivity contribution in [3.63, 3.8) is 0 Å². The molecule has 2 N–H and O–H groups in total. The Kier molecular flexibility index (Phi) is 7.02. The zero-order chi connectivity index (χ0) is 22.5. The number of aryl methyl sites for hydroxylation is 1. The lowest BCUT2D eigenvalue weighted by atomic mass is 9.93. The average Bonchev–Trinajstić information content (AvgIpc) is 3.11. The number of hydrogen-bond donors (Lipinski definition) is 2. The first kappa shape index (κ1) is 22.2. The van der Waals surface area contributed by atoms with E-state index in [-0.39, 0.29) is 5.91 Å². The summed E-state index contributed by atoms with van der Waals surface area (Å²) >= 11 is 0. The molecule has 0 spiro atoms. The van der Waals surface area contributed by atoms with Crippen molar-refractivity contribution in [1.82, 2.24) is 19.7 Å². The number of amides is 1. The molecule has 0 bridgehead atoms. The Morgan fingerprint density at radius 2 is 2.16 bits per heavy atom. The minimum atomic E-state index is -0.00450. The molecular weight excluding hydrogens is 404 g/mol. The summed E-state index contributed by atoms with van der Waals surface area (Å²) in [5, 5.41) is 12.9. The summed E-state index contributed by atoms with van der Waals surface area (Å²) in [6.45, 7) is 5.40. The first-order chi connectivity index (χ1) is 15.5. The van der Waals surface area contributed by atoms with Gasteiger partial charge in [-0.3, -0.25) is 14.4 Å². The fourth-order valence-electron chi connectivity index (χ4n) is 4.29. The van der Waals surface area contributed by atoms with Crippen molar-refractivity contribution in [2.24, 2.45) is 7.05 Å². The largest absolute Gasteiger partial charge is 0.383 e. The molecule has 1 atom stereocenters. The fourth-order valence-corrected chi connectivity index (χ4v) is 4.29. The molecule has 32 heavy (non-hydrogen) atoms. The second-order valence-corrected chi connectivity index (χ2v) is 8.43. The summed E-state index contributed by atoms with van der Waals surface area (Å²) in [7, 11) is 3.57. The molecule has 0 radical (unpaired) electrons. The summed E-state index contributed by atoms with van der Waals surface area (Å²) in [4.78, 5) is 19.8. The predicted octanol–water partition coefficient (Wildman–Crippen LogP) is 3.15. The van der Waals surface area contributed by atoms with Crippen molar-refractivity contribution >= 4 is 28.2 Å². The van der Waals surface area contributed by atoms with Gasteiger partial charge in [-0.2, -0.15) is 5.10 Å². The molecule has 3 heterocycles. The van der Waals surface area contributed by atoms with Gasteiger partial charge < -0.3 is 15.4 Å². The van der Waals surface area contributed by atoms with E-state index in [1.54, 1.807) is 18.0 Å². The molecule has 2 aromatic heterocycles. The molecule has 170 valence electrons. The van der Waals surface area contributed by atoms with Crippen LogP contribution in [-0.2, 0) is 16.6 Å². The minimum Gasteiger partial charge on any atom is -0.383 e. The summed E-state index contributed by atoms with van der Waals surface area (Å²) in [6.07, 6.45) is 3.82. The van der Waals surface area contributed by atoms with Crippen molar-refractivity contribution in [2.45, 2.75) is 25.7 Å². The van der Waals surface area contributed by atoms with Crippen LogP contribution in [0.25, 0.3) is 10.8 Å². The number of ether oxygens (including phenoxy) is 1. The lowest BCUT2D eigenvalue weighted by Crippen LogP contribution is -2.40. The highest BCUT2D eigenvalue weighted by Gasteiger charge is 2.25. The lowest BCUT2D eigenvalue weighted by Gasteiger charge is -2.32. The Morgan fingerprint density at radius 1 is 1.31 bits per heavy atom. The molecule has 1 amide bonds. The Hall–Kier alpha value is -2.97. The number of likely N-dealkylation sites (tertiary alicyclic amines) is 1. The molecule has 1 fully saturated rings. The maximum absolute atomic E-state index is 12.6. The van der Waals surface area contributed by atoms with E-state index in [0.29, 0.717) is 25.6 Å². The highest BCUT2D eigenvalue weighted by Crippen LogP contribution is 2.30. The molecule has 8 nitrogen and oxygen atoms in total. The first-order valence-electron chi connectivity index (χ1n) is 11.2. The number of carbonyl (C=O) groups excluding carboxylic acids is 1. The van der Waals surface area contributed by atoms with Gasteiger partial charge in [0, 0.05) is 44.2 Å². The molecule has 3 aromatic rings. The quantitative estimate of drug-likeness (QED) is 0.528. The van der Waals surface area contributed by atoms with Gasteiger partial charge in [0.05, 0.1) is 30.7 Å². The normalized spacial score (nSPS) is 16.9. The van der Waals surface area contributed by atoms with Crippen molar-refractivity contribution in [1.29, 1.82) is 0 Å². The molecular formula is C24H32N6O2. The molecule has 0 aliphatic carbocycles. The highest BCUT2D eigenvalue weighted by atomic mass is 16.5.